The monoisotopic (exact) mass is 484 g/mol. The molecule has 1 nitrogen and oxygen atoms in total. The predicted molar refractivity (Wildman–Crippen MR) is 152 cm³/mol. The molecule has 182 valence electrons. The number of hydrogen-bond acceptors (Lipinski definition) is 0. The van der Waals surface area contributed by atoms with Gasteiger partial charge in [0.25, 0.3) is 0 Å². The molecule has 4 rings (SSSR count). The molecule has 0 saturated heterocycles. The number of fused-ring (bicyclic) bond motifs is 1. The van der Waals surface area contributed by atoms with Crippen molar-refractivity contribution in [3.8, 4) is 22.4 Å². The van der Waals surface area contributed by atoms with E-state index in [2.05, 4.69) is 89.7 Å². The number of hydrogen-bond donors (Lipinski definition) is 0. The van der Waals surface area contributed by atoms with E-state index >= 15 is 4.39 Å². The highest BCUT2D eigenvalue weighted by Gasteiger charge is 2.30. The molecule has 0 aliphatic rings. The van der Waals surface area contributed by atoms with Crippen LogP contribution in [0.3, 0.4) is 0 Å². The van der Waals surface area contributed by atoms with E-state index in [4.69, 9.17) is 0 Å². The minimum Gasteiger partial charge on any atom is -0.206 e. The second-order valence-corrected chi connectivity index (χ2v) is 15.5. The van der Waals surface area contributed by atoms with Crippen LogP contribution < -0.4 is 9.75 Å². The standard InChI is InChI=1S/C32H39FNSi/c1-8-35(9-2,10-3)26-16-17-27-25(20-26)18-19-34(7)32(27)28-21-29(24-14-12-11-13-15-24)31(33)30(22(4)5)23(28)6/h11-22H,8-10H2,1-7H3/q+1. The molecule has 0 radical (unpaired) electrons. The normalized spacial score (nSPS) is 12.0. The van der Waals surface area contributed by atoms with Gasteiger partial charge in [-0.2, -0.15) is 0 Å². The number of aromatic nitrogens is 1. The molecule has 0 spiro atoms. The largest absolute Gasteiger partial charge is 0.220 e. The number of halogens is 1. The third-order valence-corrected chi connectivity index (χ3v) is 13.9. The second-order valence-electron chi connectivity index (χ2n) is 10.3. The number of nitrogens with zero attached hydrogens (tertiary/aromatic N) is 1. The Morgan fingerprint density at radius 2 is 1.51 bits per heavy atom. The fourth-order valence-corrected chi connectivity index (χ4v) is 9.55. The van der Waals surface area contributed by atoms with Crippen LogP contribution in [0.2, 0.25) is 18.1 Å². The summed E-state index contributed by atoms with van der Waals surface area (Å²) in [6, 6.07) is 25.2. The maximum absolute atomic E-state index is 15.9. The lowest BCUT2D eigenvalue weighted by Crippen LogP contribution is -2.45. The van der Waals surface area contributed by atoms with E-state index in [1.54, 1.807) is 5.19 Å². The van der Waals surface area contributed by atoms with Gasteiger partial charge in [-0.25, -0.2) is 8.96 Å². The summed E-state index contributed by atoms with van der Waals surface area (Å²) in [4.78, 5) is 0. The van der Waals surface area contributed by atoms with E-state index in [0.717, 1.165) is 27.9 Å². The molecule has 1 heterocycles. The van der Waals surface area contributed by atoms with Crippen molar-refractivity contribution in [2.45, 2.75) is 65.6 Å². The summed E-state index contributed by atoms with van der Waals surface area (Å²) in [5.74, 6) is -0.00294. The van der Waals surface area contributed by atoms with E-state index in [0.29, 0.717) is 5.56 Å². The first kappa shape index (κ1) is 25.3. The highest BCUT2D eigenvalue weighted by molar-refractivity contribution is 6.91. The van der Waals surface area contributed by atoms with Gasteiger partial charge in [-0.3, -0.25) is 0 Å². The van der Waals surface area contributed by atoms with Crippen molar-refractivity contribution < 1.29 is 8.96 Å². The zero-order valence-corrected chi connectivity index (χ0v) is 23.4. The van der Waals surface area contributed by atoms with E-state index in [9.17, 15) is 0 Å². The fourth-order valence-electron chi connectivity index (χ4n) is 5.93. The van der Waals surface area contributed by atoms with Crippen molar-refractivity contribution in [2.24, 2.45) is 7.05 Å². The topological polar surface area (TPSA) is 3.88 Å². The summed E-state index contributed by atoms with van der Waals surface area (Å²) in [6.07, 6.45) is 2.16. The smallest absolute Gasteiger partial charge is 0.206 e. The van der Waals surface area contributed by atoms with Crippen LogP contribution in [0.4, 0.5) is 4.39 Å². The lowest BCUT2D eigenvalue weighted by atomic mass is 9.86. The summed E-state index contributed by atoms with van der Waals surface area (Å²) in [5.41, 5.74) is 5.70. The van der Waals surface area contributed by atoms with E-state index in [1.807, 2.05) is 30.3 Å². The van der Waals surface area contributed by atoms with Crippen molar-refractivity contribution in [2.75, 3.05) is 0 Å². The minimum absolute atomic E-state index is 0.0922. The van der Waals surface area contributed by atoms with Crippen LogP contribution in [0.25, 0.3) is 33.2 Å². The van der Waals surface area contributed by atoms with E-state index in [-0.39, 0.29) is 11.7 Å². The molecule has 4 aromatic rings. The van der Waals surface area contributed by atoms with Crippen LogP contribution in [0, 0.1) is 12.7 Å². The number of aryl methyl sites for hydroxylation is 1. The van der Waals surface area contributed by atoms with Gasteiger partial charge in [0.15, 0.2) is 6.20 Å². The van der Waals surface area contributed by atoms with Crippen LogP contribution in [0.1, 0.15) is 51.7 Å². The second kappa shape index (κ2) is 10.1. The Hall–Kier alpha value is -2.78. The van der Waals surface area contributed by atoms with Gasteiger partial charge in [0.1, 0.15) is 12.9 Å². The molecule has 0 aliphatic heterocycles. The van der Waals surface area contributed by atoms with Gasteiger partial charge < -0.3 is 0 Å². The summed E-state index contributed by atoms with van der Waals surface area (Å²) in [5, 5.41) is 4.06. The zero-order valence-electron chi connectivity index (χ0n) is 22.4. The number of benzene rings is 3. The van der Waals surface area contributed by atoms with E-state index in [1.165, 1.54) is 28.9 Å². The summed E-state index contributed by atoms with van der Waals surface area (Å²) >= 11 is 0. The molecule has 3 heteroatoms. The molecule has 0 aliphatic carbocycles. The molecule has 0 amide bonds. The van der Waals surface area contributed by atoms with Crippen molar-refractivity contribution in [1.82, 2.24) is 0 Å². The average molecular weight is 485 g/mol. The first-order valence-electron chi connectivity index (χ1n) is 13.1. The van der Waals surface area contributed by atoms with E-state index < -0.39 is 8.07 Å². The Morgan fingerprint density at radius 1 is 0.857 bits per heavy atom. The third kappa shape index (κ3) is 4.36. The molecule has 0 bridgehead atoms. The fraction of sp³-hybridized carbons (Fsp3) is 0.344. The maximum atomic E-state index is 15.9. The van der Waals surface area contributed by atoms with Crippen LogP contribution in [-0.4, -0.2) is 8.07 Å². The lowest BCUT2D eigenvalue weighted by molar-refractivity contribution is -0.659. The Bertz CT molecular complexity index is 1350. The third-order valence-electron chi connectivity index (χ3n) is 8.27. The molecule has 0 unspecified atom stereocenters. The van der Waals surface area contributed by atoms with Crippen molar-refractivity contribution in [1.29, 1.82) is 0 Å². The number of rotatable bonds is 7. The van der Waals surface area contributed by atoms with Crippen molar-refractivity contribution in [3.63, 3.8) is 0 Å². The van der Waals surface area contributed by atoms with Gasteiger partial charge in [-0.1, -0.05) is 100 Å². The van der Waals surface area contributed by atoms with Crippen molar-refractivity contribution >= 4 is 24.0 Å². The van der Waals surface area contributed by atoms with Crippen LogP contribution in [0.5, 0.6) is 0 Å². The molecule has 0 fully saturated rings. The zero-order chi connectivity index (χ0) is 25.3. The van der Waals surface area contributed by atoms with Gasteiger partial charge in [0.05, 0.1) is 19.0 Å². The first-order valence-corrected chi connectivity index (χ1v) is 15.7. The van der Waals surface area contributed by atoms with Crippen LogP contribution in [-0.2, 0) is 7.05 Å². The number of pyridine rings is 1. The maximum Gasteiger partial charge on any atom is 0.220 e. The Balaban J connectivity index is 2.03. The molecule has 35 heavy (non-hydrogen) atoms. The average Bonchev–Trinajstić information content (AvgIpc) is 2.86. The molecular weight excluding hydrogens is 445 g/mol. The van der Waals surface area contributed by atoms with Gasteiger partial charge in [0, 0.05) is 11.6 Å². The Labute approximate surface area is 211 Å². The summed E-state index contributed by atoms with van der Waals surface area (Å²) < 4.78 is 18.1. The van der Waals surface area contributed by atoms with Gasteiger partial charge in [0.2, 0.25) is 5.69 Å². The SMILES string of the molecule is CC[Si](CC)(CC)c1ccc2c(-c3cc(-c4ccccc4)c(F)c(C(C)C)c3C)[n+](C)ccc2c1. The summed E-state index contributed by atoms with van der Waals surface area (Å²) in [7, 11) is 0.630. The van der Waals surface area contributed by atoms with Gasteiger partial charge >= 0.3 is 0 Å². The highest BCUT2D eigenvalue weighted by Crippen LogP contribution is 2.39. The molecule has 0 N–H and O–H groups in total. The predicted octanol–water partition coefficient (Wildman–Crippen LogP) is 8.28. The Kier molecular flexibility index (Phi) is 7.28. The quantitative estimate of drug-likeness (QED) is 0.183. The van der Waals surface area contributed by atoms with Crippen LogP contribution >= 0.6 is 0 Å². The highest BCUT2D eigenvalue weighted by atomic mass is 28.3. The minimum atomic E-state index is -1.47. The van der Waals surface area contributed by atoms with Crippen molar-refractivity contribution in [3.05, 3.63) is 83.8 Å². The van der Waals surface area contributed by atoms with Crippen LogP contribution in [0.15, 0.2) is 66.9 Å². The molecular formula is C32H39FNSi+. The van der Waals surface area contributed by atoms with Gasteiger partial charge in [-0.15, -0.1) is 0 Å². The molecule has 0 saturated carbocycles. The molecule has 3 aromatic carbocycles. The first-order chi connectivity index (χ1) is 16.8. The molecule has 1 aromatic heterocycles. The molecule has 0 atom stereocenters. The van der Waals surface area contributed by atoms with Gasteiger partial charge in [-0.05, 0) is 47.1 Å². The Morgan fingerprint density at radius 3 is 2.11 bits per heavy atom. The lowest BCUT2D eigenvalue weighted by Gasteiger charge is -2.29. The summed E-state index contributed by atoms with van der Waals surface area (Å²) in [6.45, 7) is 13.3.